The zero-order valence-electron chi connectivity index (χ0n) is 18.7. The predicted octanol–water partition coefficient (Wildman–Crippen LogP) is 2.17. The molecule has 12 heteroatoms. The number of carbonyl (C=O) groups excluding carboxylic acids is 2. The van der Waals surface area contributed by atoms with Crippen LogP contribution >= 0.6 is 0 Å². The summed E-state index contributed by atoms with van der Waals surface area (Å²) in [6.45, 7) is 6.56. The molecule has 32 heavy (non-hydrogen) atoms. The number of likely N-dealkylation sites (tertiary alicyclic amines) is 1. The Bertz CT molecular complexity index is 973. The standard InChI is InChI=1S/C20H30N4O7S/c1-20(2,3)31-19(26)23-11-5-6-14(13-23)18(25)22-10-9-21-16-8-7-15(32(4,29)30)12-17(16)24(27)28/h7-8,12,14,21H,5-6,9-11,13H2,1-4H3,(H,22,25). The molecule has 0 spiro atoms. The van der Waals surface area contributed by atoms with Crippen LogP contribution in [0.15, 0.2) is 23.1 Å². The highest BCUT2D eigenvalue weighted by atomic mass is 32.2. The SMILES string of the molecule is CC(C)(C)OC(=O)N1CCCC(C(=O)NCCNc2ccc(S(C)(=O)=O)cc2[N+](=O)[O-])C1. The van der Waals surface area contributed by atoms with Crippen LogP contribution in [-0.4, -0.2) is 68.3 Å². The Labute approximate surface area is 187 Å². The Morgan fingerprint density at radius 3 is 2.56 bits per heavy atom. The van der Waals surface area contributed by atoms with E-state index >= 15 is 0 Å². The highest BCUT2D eigenvalue weighted by molar-refractivity contribution is 7.90. The highest BCUT2D eigenvalue weighted by Crippen LogP contribution is 2.27. The number of carbonyl (C=O) groups is 2. The molecule has 2 amide bonds. The van der Waals surface area contributed by atoms with Crippen molar-refractivity contribution in [3.63, 3.8) is 0 Å². The van der Waals surface area contributed by atoms with Crippen molar-refractivity contribution < 1.29 is 27.7 Å². The second-order valence-corrected chi connectivity index (χ2v) is 10.7. The maximum Gasteiger partial charge on any atom is 0.410 e. The molecule has 1 unspecified atom stereocenters. The number of benzene rings is 1. The van der Waals surface area contributed by atoms with E-state index in [2.05, 4.69) is 10.6 Å². The molecule has 1 aromatic carbocycles. The minimum atomic E-state index is -3.57. The van der Waals surface area contributed by atoms with E-state index < -0.39 is 26.5 Å². The van der Waals surface area contributed by atoms with Crippen molar-refractivity contribution >= 4 is 33.2 Å². The molecular formula is C20H30N4O7S. The third kappa shape index (κ3) is 7.36. The van der Waals surface area contributed by atoms with E-state index in [0.29, 0.717) is 19.4 Å². The van der Waals surface area contributed by atoms with Crippen molar-refractivity contribution in [3.8, 4) is 0 Å². The Morgan fingerprint density at radius 2 is 1.97 bits per heavy atom. The lowest BCUT2D eigenvalue weighted by Gasteiger charge is -2.33. The monoisotopic (exact) mass is 470 g/mol. The molecule has 1 aliphatic rings. The molecule has 1 fully saturated rings. The summed E-state index contributed by atoms with van der Waals surface area (Å²) in [6, 6.07) is 3.62. The topological polar surface area (TPSA) is 148 Å². The number of piperidine rings is 1. The quantitative estimate of drug-likeness (QED) is 0.350. The van der Waals surface area contributed by atoms with Crippen LogP contribution in [0.1, 0.15) is 33.6 Å². The van der Waals surface area contributed by atoms with Crippen LogP contribution in [0.5, 0.6) is 0 Å². The number of anilines is 1. The molecule has 0 aliphatic carbocycles. The minimum Gasteiger partial charge on any atom is -0.444 e. The van der Waals surface area contributed by atoms with Gasteiger partial charge in [0.1, 0.15) is 11.3 Å². The smallest absolute Gasteiger partial charge is 0.410 e. The number of ether oxygens (including phenoxy) is 1. The Morgan fingerprint density at radius 1 is 1.28 bits per heavy atom. The van der Waals surface area contributed by atoms with Crippen LogP contribution in [0.3, 0.4) is 0 Å². The maximum absolute atomic E-state index is 12.5. The number of nitrogens with one attached hydrogen (secondary N) is 2. The lowest BCUT2D eigenvalue weighted by atomic mass is 9.97. The number of nitro benzene ring substituents is 1. The second-order valence-electron chi connectivity index (χ2n) is 8.69. The number of rotatable bonds is 7. The van der Waals surface area contributed by atoms with Gasteiger partial charge in [-0.2, -0.15) is 0 Å². The molecule has 0 bridgehead atoms. The van der Waals surface area contributed by atoms with Crippen molar-refractivity contribution in [2.24, 2.45) is 5.92 Å². The van der Waals surface area contributed by atoms with Gasteiger partial charge in [-0.25, -0.2) is 13.2 Å². The molecule has 178 valence electrons. The number of amides is 2. The van der Waals surface area contributed by atoms with Gasteiger partial charge in [0.15, 0.2) is 9.84 Å². The number of sulfone groups is 1. The van der Waals surface area contributed by atoms with Gasteiger partial charge in [0.05, 0.1) is 15.7 Å². The lowest BCUT2D eigenvalue weighted by Crippen LogP contribution is -2.47. The van der Waals surface area contributed by atoms with Gasteiger partial charge in [-0.15, -0.1) is 0 Å². The third-order valence-electron chi connectivity index (χ3n) is 4.78. The molecule has 0 saturated carbocycles. The van der Waals surface area contributed by atoms with Crippen LogP contribution in [0, 0.1) is 16.0 Å². The molecule has 1 aliphatic heterocycles. The van der Waals surface area contributed by atoms with Gasteiger partial charge in [0.25, 0.3) is 5.69 Å². The Hall–Kier alpha value is -2.89. The van der Waals surface area contributed by atoms with Crippen molar-refractivity contribution in [3.05, 3.63) is 28.3 Å². The molecule has 0 radical (unpaired) electrons. The molecule has 1 heterocycles. The second kappa shape index (κ2) is 10.2. The minimum absolute atomic E-state index is 0.144. The Kier molecular flexibility index (Phi) is 8.05. The van der Waals surface area contributed by atoms with Crippen LogP contribution in [0.4, 0.5) is 16.2 Å². The van der Waals surface area contributed by atoms with E-state index in [-0.39, 0.29) is 47.7 Å². The molecule has 1 saturated heterocycles. The fourth-order valence-electron chi connectivity index (χ4n) is 3.25. The van der Waals surface area contributed by atoms with Crippen molar-refractivity contribution in [1.82, 2.24) is 10.2 Å². The first-order valence-corrected chi connectivity index (χ1v) is 12.1. The van der Waals surface area contributed by atoms with Crippen LogP contribution < -0.4 is 10.6 Å². The molecule has 1 aromatic rings. The lowest BCUT2D eigenvalue weighted by molar-refractivity contribution is -0.384. The first-order chi connectivity index (χ1) is 14.8. The van der Waals surface area contributed by atoms with Gasteiger partial charge in [0.2, 0.25) is 5.91 Å². The largest absolute Gasteiger partial charge is 0.444 e. The van der Waals surface area contributed by atoms with Gasteiger partial charge in [-0.3, -0.25) is 14.9 Å². The Balaban J connectivity index is 1.88. The van der Waals surface area contributed by atoms with Gasteiger partial charge < -0.3 is 20.3 Å². The van der Waals surface area contributed by atoms with Crippen LogP contribution in [-0.2, 0) is 19.4 Å². The van der Waals surface area contributed by atoms with Crippen molar-refractivity contribution in [2.75, 3.05) is 37.8 Å². The van der Waals surface area contributed by atoms with Gasteiger partial charge >= 0.3 is 6.09 Å². The van der Waals surface area contributed by atoms with Crippen LogP contribution in [0.25, 0.3) is 0 Å². The van der Waals surface area contributed by atoms with E-state index in [4.69, 9.17) is 4.74 Å². The molecule has 0 aromatic heterocycles. The summed E-state index contributed by atoms with van der Waals surface area (Å²) in [5.41, 5.74) is -0.815. The first-order valence-electron chi connectivity index (χ1n) is 10.3. The third-order valence-corrected chi connectivity index (χ3v) is 5.89. The average molecular weight is 471 g/mol. The number of nitrogens with zero attached hydrogens (tertiary/aromatic N) is 2. The summed E-state index contributed by atoms with van der Waals surface area (Å²) in [4.78, 5) is 36.7. The summed E-state index contributed by atoms with van der Waals surface area (Å²) in [7, 11) is -3.57. The molecular weight excluding hydrogens is 440 g/mol. The fraction of sp³-hybridized carbons (Fsp3) is 0.600. The molecule has 1 atom stereocenters. The average Bonchev–Trinajstić information content (AvgIpc) is 2.69. The summed E-state index contributed by atoms with van der Waals surface area (Å²) >= 11 is 0. The zero-order chi connectivity index (χ0) is 24.1. The van der Waals surface area contributed by atoms with Crippen molar-refractivity contribution in [1.29, 1.82) is 0 Å². The normalized spacial score (nSPS) is 16.9. The number of hydrogen-bond donors (Lipinski definition) is 2. The number of hydrogen-bond acceptors (Lipinski definition) is 8. The van der Waals surface area contributed by atoms with E-state index in [9.17, 15) is 28.1 Å². The highest BCUT2D eigenvalue weighted by Gasteiger charge is 2.30. The summed E-state index contributed by atoms with van der Waals surface area (Å²) < 4.78 is 28.6. The van der Waals surface area contributed by atoms with Gasteiger partial charge in [-0.05, 0) is 45.7 Å². The molecule has 11 nitrogen and oxygen atoms in total. The predicted molar refractivity (Wildman–Crippen MR) is 118 cm³/mol. The van der Waals surface area contributed by atoms with Crippen LogP contribution in [0.2, 0.25) is 0 Å². The van der Waals surface area contributed by atoms with E-state index in [1.807, 2.05) is 0 Å². The summed E-state index contributed by atoms with van der Waals surface area (Å²) in [5, 5.41) is 16.9. The van der Waals surface area contributed by atoms with Crippen molar-refractivity contribution in [2.45, 2.75) is 44.1 Å². The molecule has 2 N–H and O–H groups in total. The number of nitro groups is 1. The summed E-state index contributed by atoms with van der Waals surface area (Å²) in [6.07, 6.45) is 1.87. The van der Waals surface area contributed by atoms with Gasteiger partial charge in [0, 0.05) is 38.5 Å². The maximum atomic E-state index is 12.5. The van der Waals surface area contributed by atoms with E-state index in [1.165, 1.54) is 17.0 Å². The first kappa shape index (κ1) is 25.4. The summed E-state index contributed by atoms with van der Waals surface area (Å²) in [5.74, 6) is -0.568. The van der Waals surface area contributed by atoms with E-state index in [1.54, 1.807) is 20.8 Å². The zero-order valence-corrected chi connectivity index (χ0v) is 19.5. The fourth-order valence-corrected chi connectivity index (χ4v) is 3.89. The van der Waals surface area contributed by atoms with Gasteiger partial charge in [-0.1, -0.05) is 0 Å². The van der Waals surface area contributed by atoms with E-state index in [0.717, 1.165) is 12.3 Å². The molecule has 2 rings (SSSR count).